The van der Waals surface area contributed by atoms with Crippen molar-refractivity contribution in [3.63, 3.8) is 0 Å². The lowest BCUT2D eigenvalue weighted by Gasteiger charge is -1.88. The van der Waals surface area contributed by atoms with E-state index < -0.39 is 0 Å². The second-order valence-corrected chi connectivity index (χ2v) is 2.19. The first kappa shape index (κ1) is 10.6. The van der Waals surface area contributed by atoms with Crippen LogP contribution in [-0.2, 0) is 4.79 Å². The Balaban J connectivity index is 4.41. The van der Waals surface area contributed by atoms with Crippen molar-refractivity contribution in [2.24, 2.45) is 0 Å². The zero-order valence-electron chi connectivity index (χ0n) is 7.53. The molecule has 0 aliphatic heterocycles. The summed E-state index contributed by atoms with van der Waals surface area (Å²) in [6.07, 6.45) is 13.7. The van der Waals surface area contributed by atoms with Crippen molar-refractivity contribution in [3.8, 4) is 0 Å². The Labute approximate surface area is 73.8 Å². The maximum atomic E-state index is 10.0. The van der Waals surface area contributed by atoms with Crippen LogP contribution in [0.25, 0.3) is 0 Å². The Hall–Kier alpha value is -1.37. The lowest BCUT2D eigenvalue weighted by atomic mass is 10.2. The normalized spacial score (nSPS) is 13.7. The van der Waals surface area contributed by atoms with E-state index in [4.69, 9.17) is 0 Å². The maximum absolute atomic E-state index is 10.0. The Morgan fingerprint density at radius 3 is 2.25 bits per heavy atom. The summed E-state index contributed by atoms with van der Waals surface area (Å²) >= 11 is 0. The Morgan fingerprint density at radius 1 is 1.00 bits per heavy atom. The van der Waals surface area contributed by atoms with Crippen LogP contribution in [0.3, 0.4) is 0 Å². The van der Waals surface area contributed by atoms with Gasteiger partial charge in [-0.15, -0.1) is 0 Å². The standard InChI is InChI=1S/C11H14O/c1-3-5-8-11(7-4-2)9-6-10-12/h3-10H,1-2H3/b5-3-,7-4?,9-6-,11-8+. The van der Waals surface area contributed by atoms with Crippen LogP contribution in [0.2, 0.25) is 0 Å². The first-order chi connectivity index (χ1) is 5.85. The number of aldehydes is 1. The first-order valence-electron chi connectivity index (χ1n) is 3.92. The van der Waals surface area contributed by atoms with E-state index in [9.17, 15) is 4.79 Å². The average Bonchev–Trinajstić information content (AvgIpc) is 2.10. The Bertz CT molecular complexity index is 229. The molecule has 0 radical (unpaired) electrons. The summed E-state index contributed by atoms with van der Waals surface area (Å²) in [4.78, 5) is 10.0. The lowest BCUT2D eigenvalue weighted by molar-refractivity contribution is -0.104. The molecule has 64 valence electrons. The number of carbonyl (C=O) groups excluding carboxylic acids is 1. The quantitative estimate of drug-likeness (QED) is 0.353. The van der Waals surface area contributed by atoms with E-state index in [0.29, 0.717) is 0 Å². The van der Waals surface area contributed by atoms with Crippen molar-refractivity contribution < 1.29 is 4.79 Å². The summed E-state index contributed by atoms with van der Waals surface area (Å²) in [5, 5.41) is 0. The molecule has 0 saturated carbocycles. The van der Waals surface area contributed by atoms with Crippen molar-refractivity contribution in [3.05, 3.63) is 48.1 Å². The third-order valence-corrected chi connectivity index (χ3v) is 1.21. The van der Waals surface area contributed by atoms with Gasteiger partial charge in [0.25, 0.3) is 0 Å². The fraction of sp³-hybridized carbons (Fsp3) is 0.182. The van der Waals surface area contributed by atoms with Crippen molar-refractivity contribution in [1.29, 1.82) is 0 Å². The topological polar surface area (TPSA) is 17.1 Å². The van der Waals surface area contributed by atoms with Crippen LogP contribution in [0, 0.1) is 0 Å². The average molecular weight is 162 g/mol. The molecule has 0 heterocycles. The molecule has 0 bridgehead atoms. The summed E-state index contributed by atoms with van der Waals surface area (Å²) < 4.78 is 0. The molecule has 0 rings (SSSR count). The van der Waals surface area contributed by atoms with Gasteiger partial charge in [0.1, 0.15) is 6.29 Å². The predicted molar refractivity (Wildman–Crippen MR) is 52.9 cm³/mol. The van der Waals surface area contributed by atoms with Gasteiger partial charge in [0.05, 0.1) is 0 Å². The predicted octanol–water partition coefficient (Wildman–Crippen LogP) is 2.82. The van der Waals surface area contributed by atoms with Gasteiger partial charge in [-0.2, -0.15) is 0 Å². The third-order valence-electron chi connectivity index (χ3n) is 1.21. The summed E-state index contributed by atoms with van der Waals surface area (Å²) in [7, 11) is 0. The minimum absolute atomic E-state index is 0.771. The molecule has 0 amide bonds. The monoisotopic (exact) mass is 162 g/mol. The lowest BCUT2D eigenvalue weighted by Crippen LogP contribution is -1.70. The second kappa shape index (κ2) is 7.73. The number of hydrogen-bond donors (Lipinski definition) is 0. The van der Waals surface area contributed by atoms with Crippen LogP contribution in [0.4, 0.5) is 0 Å². The summed E-state index contributed by atoms with van der Waals surface area (Å²) in [6, 6.07) is 0. The summed E-state index contributed by atoms with van der Waals surface area (Å²) in [5.74, 6) is 0. The molecule has 0 aromatic carbocycles. The molecule has 0 fully saturated rings. The van der Waals surface area contributed by atoms with E-state index in [-0.39, 0.29) is 0 Å². The van der Waals surface area contributed by atoms with Crippen LogP contribution >= 0.6 is 0 Å². The highest BCUT2D eigenvalue weighted by molar-refractivity contribution is 5.66. The maximum Gasteiger partial charge on any atom is 0.142 e. The zero-order chi connectivity index (χ0) is 9.23. The molecule has 12 heavy (non-hydrogen) atoms. The molecular weight excluding hydrogens is 148 g/mol. The van der Waals surface area contributed by atoms with Gasteiger partial charge in [-0.1, -0.05) is 36.5 Å². The van der Waals surface area contributed by atoms with Crippen LogP contribution < -0.4 is 0 Å². The van der Waals surface area contributed by atoms with Gasteiger partial charge in [0, 0.05) is 0 Å². The molecule has 0 aliphatic rings. The van der Waals surface area contributed by atoms with E-state index in [1.54, 1.807) is 6.08 Å². The third kappa shape index (κ3) is 5.42. The fourth-order valence-corrected chi connectivity index (χ4v) is 0.717. The van der Waals surface area contributed by atoms with Crippen molar-refractivity contribution >= 4 is 6.29 Å². The molecule has 0 N–H and O–H groups in total. The van der Waals surface area contributed by atoms with Gasteiger partial charge in [-0.25, -0.2) is 0 Å². The van der Waals surface area contributed by atoms with E-state index in [1.807, 2.05) is 44.2 Å². The first-order valence-corrected chi connectivity index (χ1v) is 3.92. The second-order valence-electron chi connectivity index (χ2n) is 2.19. The summed E-state index contributed by atoms with van der Waals surface area (Å²) in [5.41, 5.74) is 1.02. The molecule has 0 unspecified atom stereocenters. The van der Waals surface area contributed by atoms with Crippen LogP contribution in [-0.4, -0.2) is 6.29 Å². The molecule has 0 aromatic heterocycles. The molecular formula is C11H14O. The van der Waals surface area contributed by atoms with Gasteiger partial charge in [0.15, 0.2) is 0 Å². The van der Waals surface area contributed by atoms with Crippen LogP contribution in [0.15, 0.2) is 48.1 Å². The molecule has 0 atom stereocenters. The number of rotatable bonds is 4. The van der Waals surface area contributed by atoms with E-state index in [1.165, 1.54) is 6.08 Å². The largest absolute Gasteiger partial charge is 0.299 e. The van der Waals surface area contributed by atoms with Gasteiger partial charge >= 0.3 is 0 Å². The fourth-order valence-electron chi connectivity index (χ4n) is 0.717. The molecule has 0 aromatic rings. The highest BCUT2D eigenvalue weighted by Gasteiger charge is 1.80. The molecule has 1 heteroatoms. The van der Waals surface area contributed by atoms with Crippen LogP contribution in [0.5, 0.6) is 0 Å². The molecule has 0 aliphatic carbocycles. The van der Waals surface area contributed by atoms with Crippen molar-refractivity contribution in [1.82, 2.24) is 0 Å². The minimum Gasteiger partial charge on any atom is -0.299 e. The number of hydrogen-bond acceptors (Lipinski definition) is 1. The molecule has 0 spiro atoms. The minimum atomic E-state index is 0.771. The van der Waals surface area contributed by atoms with E-state index >= 15 is 0 Å². The van der Waals surface area contributed by atoms with Crippen molar-refractivity contribution in [2.45, 2.75) is 13.8 Å². The Morgan fingerprint density at radius 2 is 1.75 bits per heavy atom. The summed E-state index contributed by atoms with van der Waals surface area (Å²) in [6.45, 7) is 3.89. The van der Waals surface area contributed by atoms with Crippen molar-refractivity contribution in [2.75, 3.05) is 0 Å². The molecule has 1 nitrogen and oxygen atoms in total. The number of allylic oxidation sites excluding steroid dienone is 8. The Kier molecular flexibility index (Phi) is 6.85. The van der Waals surface area contributed by atoms with Gasteiger partial charge < -0.3 is 0 Å². The van der Waals surface area contributed by atoms with E-state index in [0.717, 1.165) is 11.9 Å². The van der Waals surface area contributed by atoms with Gasteiger partial charge in [0.2, 0.25) is 0 Å². The molecule has 0 saturated heterocycles. The highest BCUT2D eigenvalue weighted by atomic mass is 16.1. The SMILES string of the molecule is CC=CC(/C=C\C=O)=C\C=C/C. The van der Waals surface area contributed by atoms with Gasteiger partial charge in [-0.3, -0.25) is 4.79 Å². The van der Waals surface area contributed by atoms with E-state index in [2.05, 4.69) is 0 Å². The van der Waals surface area contributed by atoms with Crippen LogP contribution in [0.1, 0.15) is 13.8 Å². The highest BCUT2D eigenvalue weighted by Crippen LogP contribution is 1.99. The smallest absolute Gasteiger partial charge is 0.142 e. The number of carbonyl (C=O) groups is 1. The van der Waals surface area contributed by atoms with Gasteiger partial charge in [-0.05, 0) is 25.5 Å². The zero-order valence-corrected chi connectivity index (χ0v) is 7.53.